The van der Waals surface area contributed by atoms with Crippen LogP contribution < -0.4 is 30.5 Å². The van der Waals surface area contributed by atoms with Gasteiger partial charge < -0.3 is 35.6 Å². The maximum Gasteiger partial charge on any atom is 0.404 e. The molecule has 1 saturated heterocycles. The largest absolute Gasteiger partial charge is 0.496 e. The predicted molar refractivity (Wildman–Crippen MR) is 166 cm³/mol. The number of methoxy groups -OCH3 is 1. The number of carbonyl (C=O) groups is 1. The highest BCUT2D eigenvalue weighted by atomic mass is 16.5. The van der Waals surface area contributed by atoms with Crippen LogP contribution in [0.4, 0.5) is 22.2 Å². The topological polar surface area (TPSA) is 115 Å². The van der Waals surface area contributed by atoms with Gasteiger partial charge >= 0.3 is 6.09 Å². The van der Waals surface area contributed by atoms with Gasteiger partial charge in [0.25, 0.3) is 0 Å². The molecule has 2 aromatic carbocycles. The van der Waals surface area contributed by atoms with Gasteiger partial charge in [-0.1, -0.05) is 39.0 Å². The molecule has 0 aliphatic carbocycles. The van der Waals surface area contributed by atoms with E-state index in [0.29, 0.717) is 25.5 Å². The second-order valence-electron chi connectivity index (χ2n) is 11.9. The number of hydrogen-bond donors (Lipinski definition) is 4. The Labute approximate surface area is 243 Å². The molecule has 1 aromatic heterocycles. The van der Waals surface area contributed by atoms with E-state index in [2.05, 4.69) is 72.7 Å². The molecule has 0 saturated carbocycles. The number of aromatic nitrogens is 2. The lowest BCUT2D eigenvalue weighted by Gasteiger charge is -2.37. The lowest BCUT2D eigenvalue weighted by molar-refractivity contribution is 0.193. The Hall–Kier alpha value is -3.79. The number of rotatable bonds is 11. The van der Waals surface area contributed by atoms with Crippen LogP contribution in [0.15, 0.2) is 42.5 Å². The van der Waals surface area contributed by atoms with Crippen molar-refractivity contribution in [3.63, 3.8) is 0 Å². The van der Waals surface area contributed by atoms with Crippen molar-refractivity contribution in [1.29, 1.82) is 0 Å². The molecule has 1 aliphatic rings. The highest BCUT2D eigenvalue weighted by molar-refractivity contribution is 5.90. The number of piperidine rings is 1. The molecule has 0 radical (unpaired) electrons. The molecule has 1 unspecified atom stereocenters. The number of ether oxygens (including phenoxy) is 1. The number of carboxylic acid groups (broad SMARTS) is 1. The van der Waals surface area contributed by atoms with E-state index in [4.69, 9.17) is 19.8 Å². The van der Waals surface area contributed by atoms with Crippen molar-refractivity contribution >= 4 is 34.4 Å². The molecule has 0 bridgehead atoms. The van der Waals surface area contributed by atoms with Crippen molar-refractivity contribution < 1.29 is 14.6 Å². The summed E-state index contributed by atoms with van der Waals surface area (Å²) in [5.41, 5.74) is 2.94. The molecule has 4 rings (SSSR count). The Bertz CT molecular complexity index is 1320. The third-order valence-electron chi connectivity index (χ3n) is 7.80. The SMILES string of the molecule is COc1cccc(N(C)C)c1CN(c1nc(NC(CCNC(=O)O)C(C)(C)C)nc2ccccc12)C1CCNCC1. The molecule has 10 heteroatoms. The zero-order valence-electron chi connectivity index (χ0n) is 25.2. The molecule has 1 aliphatic heterocycles. The van der Waals surface area contributed by atoms with Crippen LogP contribution in [0, 0.1) is 5.41 Å². The van der Waals surface area contributed by atoms with E-state index in [-0.39, 0.29) is 17.5 Å². The van der Waals surface area contributed by atoms with Crippen molar-refractivity contribution in [2.75, 3.05) is 56.0 Å². The van der Waals surface area contributed by atoms with Crippen molar-refractivity contribution in [1.82, 2.24) is 20.6 Å². The molecule has 1 atom stereocenters. The molecule has 0 spiro atoms. The normalized spacial score (nSPS) is 14.9. The Balaban J connectivity index is 1.81. The molecule has 222 valence electrons. The van der Waals surface area contributed by atoms with Crippen LogP contribution in [0.25, 0.3) is 10.9 Å². The van der Waals surface area contributed by atoms with Gasteiger partial charge in [0.15, 0.2) is 0 Å². The second-order valence-corrected chi connectivity index (χ2v) is 11.9. The first-order chi connectivity index (χ1) is 19.6. The van der Waals surface area contributed by atoms with Gasteiger partial charge in [0.05, 0.1) is 19.2 Å². The third kappa shape index (κ3) is 7.49. The summed E-state index contributed by atoms with van der Waals surface area (Å²) < 4.78 is 5.86. The van der Waals surface area contributed by atoms with E-state index < -0.39 is 6.09 Å². The maximum atomic E-state index is 11.1. The Morgan fingerprint density at radius 3 is 2.51 bits per heavy atom. The molecular formula is C31H45N7O3. The first-order valence-corrected chi connectivity index (χ1v) is 14.4. The monoisotopic (exact) mass is 563 g/mol. The van der Waals surface area contributed by atoms with Crippen LogP contribution in [0.5, 0.6) is 5.75 Å². The van der Waals surface area contributed by atoms with Gasteiger partial charge in [-0.25, -0.2) is 9.78 Å². The van der Waals surface area contributed by atoms with E-state index in [1.54, 1.807) is 7.11 Å². The van der Waals surface area contributed by atoms with Gasteiger partial charge in [-0.3, -0.25) is 0 Å². The van der Waals surface area contributed by atoms with E-state index in [0.717, 1.165) is 59.7 Å². The van der Waals surface area contributed by atoms with Gasteiger partial charge in [-0.15, -0.1) is 0 Å². The molecule has 41 heavy (non-hydrogen) atoms. The molecular weight excluding hydrogens is 518 g/mol. The van der Waals surface area contributed by atoms with Crippen molar-refractivity contribution in [2.45, 2.75) is 58.7 Å². The summed E-state index contributed by atoms with van der Waals surface area (Å²) in [6.07, 6.45) is 1.58. The van der Waals surface area contributed by atoms with Crippen LogP contribution in [-0.2, 0) is 6.54 Å². The summed E-state index contributed by atoms with van der Waals surface area (Å²) in [5, 5.41) is 19.7. The van der Waals surface area contributed by atoms with Crippen LogP contribution >= 0.6 is 0 Å². The fourth-order valence-corrected chi connectivity index (χ4v) is 5.53. The van der Waals surface area contributed by atoms with Gasteiger partial charge in [-0.2, -0.15) is 4.98 Å². The average Bonchev–Trinajstić information content (AvgIpc) is 2.94. The fourth-order valence-electron chi connectivity index (χ4n) is 5.53. The minimum Gasteiger partial charge on any atom is -0.496 e. The lowest BCUT2D eigenvalue weighted by Crippen LogP contribution is -2.44. The number of benzene rings is 2. The Kier molecular flexibility index (Phi) is 9.75. The van der Waals surface area contributed by atoms with Gasteiger partial charge in [0, 0.05) is 49.4 Å². The van der Waals surface area contributed by atoms with Crippen LogP contribution in [0.1, 0.15) is 45.6 Å². The van der Waals surface area contributed by atoms with E-state index >= 15 is 0 Å². The lowest BCUT2D eigenvalue weighted by atomic mass is 9.85. The highest BCUT2D eigenvalue weighted by Crippen LogP contribution is 2.36. The Morgan fingerprint density at radius 1 is 1.12 bits per heavy atom. The average molecular weight is 564 g/mol. The van der Waals surface area contributed by atoms with E-state index in [1.165, 1.54) is 0 Å². The smallest absolute Gasteiger partial charge is 0.404 e. The zero-order valence-corrected chi connectivity index (χ0v) is 25.2. The summed E-state index contributed by atoms with van der Waals surface area (Å²) in [4.78, 5) is 25.8. The second kappa shape index (κ2) is 13.2. The molecule has 3 aromatic rings. The van der Waals surface area contributed by atoms with Crippen LogP contribution in [0.2, 0.25) is 0 Å². The predicted octanol–water partition coefficient (Wildman–Crippen LogP) is 4.95. The Morgan fingerprint density at radius 2 is 1.85 bits per heavy atom. The van der Waals surface area contributed by atoms with Crippen LogP contribution in [0.3, 0.4) is 0 Å². The summed E-state index contributed by atoms with van der Waals surface area (Å²) in [5.74, 6) is 2.28. The molecule has 1 fully saturated rings. The highest BCUT2D eigenvalue weighted by Gasteiger charge is 2.29. The number of nitrogens with one attached hydrogen (secondary N) is 3. The quantitative estimate of drug-likeness (QED) is 0.257. The third-order valence-corrected chi connectivity index (χ3v) is 7.80. The number of amides is 1. The van der Waals surface area contributed by atoms with Crippen molar-refractivity contribution in [3.8, 4) is 5.75 Å². The molecule has 1 amide bonds. The molecule has 4 N–H and O–H groups in total. The standard InChI is InChI=1S/C31H45N7O3/c1-31(2,3)27(16-19-33-30(39)40)35-29-34-24-11-8-7-10-22(24)28(36-29)38(21-14-17-32-18-15-21)20-23-25(37(4)5)12-9-13-26(23)41-6/h7-13,21,27,32-33H,14-20H2,1-6H3,(H,39,40)(H,34,35,36). The first-order valence-electron chi connectivity index (χ1n) is 14.4. The van der Waals surface area contributed by atoms with Gasteiger partial charge in [0.2, 0.25) is 5.95 Å². The maximum absolute atomic E-state index is 11.1. The van der Waals surface area contributed by atoms with Crippen molar-refractivity contribution in [2.24, 2.45) is 5.41 Å². The van der Waals surface area contributed by atoms with Crippen LogP contribution in [-0.4, -0.2) is 74.1 Å². The molecule has 10 nitrogen and oxygen atoms in total. The number of hydrogen-bond acceptors (Lipinski definition) is 8. The summed E-state index contributed by atoms with van der Waals surface area (Å²) >= 11 is 0. The van der Waals surface area contributed by atoms with Crippen molar-refractivity contribution in [3.05, 3.63) is 48.0 Å². The first kappa shape index (κ1) is 30.2. The number of para-hydroxylation sites is 1. The fraction of sp³-hybridized carbons (Fsp3) is 0.516. The molecule has 2 heterocycles. The number of nitrogens with zero attached hydrogens (tertiary/aromatic N) is 4. The minimum atomic E-state index is -1.02. The summed E-state index contributed by atoms with van der Waals surface area (Å²) in [7, 11) is 5.84. The van der Waals surface area contributed by atoms with E-state index in [1.807, 2.05) is 30.3 Å². The summed E-state index contributed by atoms with van der Waals surface area (Å²) in [6.45, 7) is 9.29. The van der Waals surface area contributed by atoms with Gasteiger partial charge in [-0.05, 0) is 62.0 Å². The van der Waals surface area contributed by atoms with Gasteiger partial charge in [0.1, 0.15) is 11.6 Å². The number of fused-ring (bicyclic) bond motifs is 1. The minimum absolute atomic E-state index is 0.0507. The number of anilines is 3. The van der Waals surface area contributed by atoms with E-state index in [9.17, 15) is 4.79 Å². The zero-order chi connectivity index (χ0) is 29.6. The summed E-state index contributed by atoms with van der Waals surface area (Å²) in [6, 6.07) is 14.6.